The molecule has 2 aromatic carbocycles. The Hall–Kier alpha value is -3.48. The Kier molecular flexibility index (Phi) is 8.18. The van der Waals surface area contributed by atoms with Crippen molar-refractivity contribution < 1.29 is 28.5 Å². The van der Waals surface area contributed by atoms with Crippen molar-refractivity contribution in [2.24, 2.45) is 0 Å². The van der Waals surface area contributed by atoms with Gasteiger partial charge in [-0.25, -0.2) is 9.78 Å². The number of rotatable bonds is 11. The Morgan fingerprint density at radius 2 is 1.81 bits per heavy atom. The second kappa shape index (κ2) is 11.5. The number of nitrogens with zero attached hydrogens (tertiary/aromatic N) is 1. The van der Waals surface area contributed by atoms with Crippen LogP contribution >= 0.6 is 0 Å². The molecule has 192 valence electrons. The van der Waals surface area contributed by atoms with Crippen molar-refractivity contribution in [3.05, 3.63) is 71.4 Å². The minimum Gasteiger partial charge on any atom is -0.497 e. The van der Waals surface area contributed by atoms with E-state index < -0.39 is 11.6 Å². The SMILES string of the molecule is COc1cccc(OC(C)(Cc2ccc(OCCc3nc(C4CCCCC4)oc3C)cc2)C(=O)O)c1. The van der Waals surface area contributed by atoms with Gasteiger partial charge in [0.15, 0.2) is 5.89 Å². The number of aliphatic carboxylic acids is 1. The maximum Gasteiger partial charge on any atom is 0.348 e. The van der Waals surface area contributed by atoms with E-state index in [1.54, 1.807) is 38.3 Å². The lowest BCUT2D eigenvalue weighted by Crippen LogP contribution is -2.43. The number of oxazole rings is 1. The molecule has 1 saturated carbocycles. The van der Waals surface area contributed by atoms with Gasteiger partial charge in [0.05, 0.1) is 19.4 Å². The summed E-state index contributed by atoms with van der Waals surface area (Å²) in [6.45, 7) is 4.03. The quantitative estimate of drug-likeness (QED) is 0.344. The van der Waals surface area contributed by atoms with Crippen molar-refractivity contribution in [3.63, 3.8) is 0 Å². The fourth-order valence-corrected chi connectivity index (χ4v) is 4.65. The van der Waals surface area contributed by atoms with E-state index in [4.69, 9.17) is 23.6 Å². The van der Waals surface area contributed by atoms with E-state index in [1.807, 2.05) is 31.2 Å². The molecule has 1 atom stereocenters. The predicted octanol–water partition coefficient (Wildman–Crippen LogP) is 6.13. The largest absolute Gasteiger partial charge is 0.497 e. The summed E-state index contributed by atoms with van der Waals surface area (Å²) in [5, 5.41) is 9.87. The molecule has 0 bridgehead atoms. The van der Waals surface area contributed by atoms with Gasteiger partial charge in [0.2, 0.25) is 5.60 Å². The van der Waals surface area contributed by atoms with E-state index in [0.29, 0.717) is 30.4 Å². The summed E-state index contributed by atoms with van der Waals surface area (Å²) in [6.07, 6.45) is 7.00. The number of benzene rings is 2. The van der Waals surface area contributed by atoms with E-state index in [9.17, 15) is 9.90 Å². The van der Waals surface area contributed by atoms with Gasteiger partial charge in [0.25, 0.3) is 0 Å². The molecule has 1 unspecified atom stereocenters. The van der Waals surface area contributed by atoms with E-state index in [1.165, 1.54) is 19.3 Å². The second-order valence-electron chi connectivity index (χ2n) is 9.63. The van der Waals surface area contributed by atoms with Crippen LogP contribution in [-0.2, 0) is 17.6 Å². The molecule has 1 heterocycles. The Morgan fingerprint density at radius 3 is 2.50 bits per heavy atom. The van der Waals surface area contributed by atoms with Crippen molar-refractivity contribution in [2.75, 3.05) is 13.7 Å². The Labute approximate surface area is 212 Å². The zero-order valence-electron chi connectivity index (χ0n) is 21.3. The lowest BCUT2D eigenvalue weighted by atomic mass is 9.89. The molecular formula is C29H35NO6. The number of aryl methyl sites for hydroxylation is 1. The summed E-state index contributed by atoms with van der Waals surface area (Å²) in [4.78, 5) is 16.8. The topological polar surface area (TPSA) is 91.0 Å². The van der Waals surface area contributed by atoms with Crippen molar-refractivity contribution >= 4 is 5.97 Å². The van der Waals surface area contributed by atoms with Gasteiger partial charge in [0.1, 0.15) is 23.0 Å². The highest BCUT2D eigenvalue weighted by molar-refractivity contribution is 5.78. The number of hydrogen-bond donors (Lipinski definition) is 1. The number of ether oxygens (including phenoxy) is 3. The molecule has 0 amide bonds. The number of carbonyl (C=O) groups is 1. The van der Waals surface area contributed by atoms with Gasteiger partial charge >= 0.3 is 5.97 Å². The number of methoxy groups -OCH3 is 1. The average Bonchev–Trinajstić information content (AvgIpc) is 3.26. The molecule has 36 heavy (non-hydrogen) atoms. The van der Waals surface area contributed by atoms with Gasteiger partial charge < -0.3 is 23.7 Å². The first-order chi connectivity index (χ1) is 17.4. The molecule has 3 aromatic rings. The van der Waals surface area contributed by atoms with Gasteiger partial charge in [0, 0.05) is 24.8 Å². The molecule has 1 aliphatic carbocycles. The van der Waals surface area contributed by atoms with Gasteiger partial charge in [-0.1, -0.05) is 37.5 Å². The molecule has 0 spiro atoms. The Balaban J connectivity index is 1.32. The van der Waals surface area contributed by atoms with Gasteiger partial charge in [-0.3, -0.25) is 0 Å². The number of aromatic nitrogens is 1. The van der Waals surface area contributed by atoms with Crippen LogP contribution in [-0.4, -0.2) is 35.4 Å². The highest BCUT2D eigenvalue weighted by Crippen LogP contribution is 2.33. The van der Waals surface area contributed by atoms with Crippen LogP contribution in [0.25, 0.3) is 0 Å². The smallest absolute Gasteiger partial charge is 0.348 e. The molecule has 0 radical (unpaired) electrons. The van der Waals surface area contributed by atoms with E-state index in [0.717, 1.165) is 41.5 Å². The second-order valence-corrected chi connectivity index (χ2v) is 9.63. The highest BCUT2D eigenvalue weighted by Gasteiger charge is 2.36. The highest BCUT2D eigenvalue weighted by atomic mass is 16.5. The van der Waals surface area contributed by atoms with E-state index in [2.05, 4.69) is 0 Å². The third-order valence-electron chi connectivity index (χ3n) is 6.77. The fraction of sp³-hybridized carbons (Fsp3) is 0.448. The fourth-order valence-electron chi connectivity index (χ4n) is 4.65. The van der Waals surface area contributed by atoms with Crippen LogP contribution in [0.5, 0.6) is 17.2 Å². The molecule has 1 aromatic heterocycles. The summed E-state index contributed by atoms with van der Waals surface area (Å²) in [5.74, 6) is 2.92. The minimum absolute atomic E-state index is 0.196. The molecule has 7 heteroatoms. The molecule has 0 aliphatic heterocycles. The number of hydrogen-bond acceptors (Lipinski definition) is 6. The van der Waals surface area contributed by atoms with Crippen molar-refractivity contribution in [3.8, 4) is 17.2 Å². The zero-order chi connectivity index (χ0) is 25.5. The predicted molar refractivity (Wildman–Crippen MR) is 136 cm³/mol. The summed E-state index contributed by atoms with van der Waals surface area (Å²) < 4.78 is 23.0. The molecular weight excluding hydrogens is 458 g/mol. The zero-order valence-corrected chi connectivity index (χ0v) is 21.3. The molecule has 1 aliphatic rings. The Morgan fingerprint density at radius 1 is 1.08 bits per heavy atom. The Bertz CT molecular complexity index is 1150. The van der Waals surface area contributed by atoms with Crippen molar-refractivity contribution in [1.29, 1.82) is 0 Å². The maximum absolute atomic E-state index is 12.1. The first-order valence-corrected chi connectivity index (χ1v) is 12.6. The summed E-state index contributed by atoms with van der Waals surface area (Å²) in [6, 6.07) is 14.4. The summed E-state index contributed by atoms with van der Waals surface area (Å²) >= 11 is 0. The van der Waals surface area contributed by atoms with Gasteiger partial charge in [-0.15, -0.1) is 0 Å². The monoisotopic (exact) mass is 493 g/mol. The summed E-state index contributed by atoms with van der Waals surface area (Å²) in [5.41, 5.74) is 0.355. The third kappa shape index (κ3) is 6.39. The summed E-state index contributed by atoms with van der Waals surface area (Å²) in [7, 11) is 1.56. The van der Waals surface area contributed by atoms with Gasteiger partial charge in [-0.2, -0.15) is 0 Å². The number of carboxylic acids is 1. The average molecular weight is 494 g/mol. The van der Waals surface area contributed by atoms with Crippen LogP contribution in [0.4, 0.5) is 0 Å². The van der Waals surface area contributed by atoms with Crippen LogP contribution in [0.3, 0.4) is 0 Å². The molecule has 1 N–H and O–H groups in total. The van der Waals surface area contributed by atoms with Crippen LogP contribution in [0.1, 0.15) is 67.9 Å². The first kappa shape index (κ1) is 25.6. The molecule has 0 saturated heterocycles. The first-order valence-electron chi connectivity index (χ1n) is 12.6. The van der Waals surface area contributed by atoms with Crippen molar-refractivity contribution in [2.45, 2.75) is 70.3 Å². The molecule has 1 fully saturated rings. The normalized spacial score (nSPS) is 15.8. The molecule has 4 rings (SSSR count). The van der Waals surface area contributed by atoms with Crippen LogP contribution in [0.2, 0.25) is 0 Å². The third-order valence-corrected chi connectivity index (χ3v) is 6.77. The van der Waals surface area contributed by atoms with Crippen LogP contribution < -0.4 is 14.2 Å². The lowest BCUT2D eigenvalue weighted by molar-refractivity contribution is -0.153. The standard InChI is InChI=1S/C29H35NO6/c1-20-26(30-27(35-20)22-8-5-4-6-9-22)16-17-34-23-14-12-21(13-15-23)19-29(2,28(31)32)36-25-11-7-10-24(18-25)33-3/h7,10-15,18,22H,4-6,8-9,16-17,19H2,1-3H3,(H,31,32). The van der Waals surface area contributed by atoms with Crippen molar-refractivity contribution in [1.82, 2.24) is 4.98 Å². The maximum atomic E-state index is 12.1. The lowest BCUT2D eigenvalue weighted by Gasteiger charge is -2.26. The van der Waals surface area contributed by atoms with E-state index >= 15 is 0 Å². The minimum atomic E-state index is -1.44. The van der Waals surface area contributed by atoms with Crippen LogP contribution in [0, 0.1) is 6.92 Å². The number of carboxylic acid groups (broad SMARTS) is 1. The van der Waals surface area contributed by atoms with Gasteiger partial charge in [-0.05, 0) is 56.5 Å². The molecule has 7 nitrogen and oxygen atoms in total. The van der Waals surface area contributed by atoms with Crippen LogP contribution in [0.15, 0.2) is 52.9 Å². The van der Waals surface area contributed by atoms with E-state index in [-0.39, 0.29) is 6.42 Å².